The van der Waals surface area contributed by atoms with Crippen LogP contribution in [0, 0.1) is 10.1 Å². The first-order valence-corrected chi connectivity index (χ1v) is 11.0. The molecule has 0 aromatic heterocycles. The molecule has 1 aliphatic rings. The molecular formula is C18H19ClN4O5S. The normalized spacial score (nSPS) is 14.6. The zero-order chi connectivity index (χ0) is 21.2. The van der Waals surface area contributed by atoms with Gasteiger partial charge in [0.1, 0.15) is 5.69 Å². The first-order chi connectivity index (χ1) is 13.7. The smallest absolute Gasteiger partial charge is 0.292 e. The summed E-state index contributed by atoms with van der Waals surface area (Å²) in [5, 5.41) is 11.4. The molecule has 9 nitrogen and oxygen atoms in total. The van der Waals surface area contributed by atoms with Crippen molar-refractivity contribution >= 4 is 44.6 Å². The second-order valence-electron chi connectivity index (χ2n) is 6.59. The van der Waals surface area contributed by atoms with Crippen molar-refractivity contribution in [2.24, 2.45) is 0 Å². The minimum atomic E-state index is -3.54. The minimum absolute atomic E-state index is 0.0291. The summed E-state index contributed by atoms with van der Waals surface area (Å²) < 4.78 is 25.2. The Bertz CT molecular complexity index is 1050. The number of carbonyl (C=O) groups is 1. The SMILES string of the molecule is CS(=O)(=O)Nc1cc(C(=O)N2CCN(c3ccccc3[N+](=O)[O-])CC2)ccc1Cl. The molecule has 0 radical (unpaired) electrons. The molecule has 1 saturated heterocycles. The van der Waals surface area contributed by atoms with Crippen LogP contribution < -0.4 is 9.62 Å². The van der Waals surface area contributed by atoms with Gasteiger partial charge in [0.05, 0.1) is 21.9 Å². The Hall–Kier alpha value is -2.85. The average Bonchev–Trinajstić information content (AvgIpc) is 2.68. The molecule has 3 rings (SSSR count). The summed E-state index contributed by atoms with van der Waals surface area (Å²) in [7, 11) is -3.54. The Kier molecular flexibility index (Phi) is 5.94. The van der Waals surface area contributed by atoms with Crippen molar-refractivity contribution in [3.05, 3.63) is 63.2 Å². The molecule has 0 spiro atoms. The minimum Gasteiger partial charge on any atom is -0.362 e. The number of para-hydroxylation sites is 2. The van der Waals surface area contributed by atoms with E-state index < -0.39 is 14.9 Å². The maximum atomic E-state index is 12.8. The van der Waals surface area contributed by atoms with Gasteiger partial charge in [-0.05, 0) is 24.3 Å². The molecule has 2 aromatic rings. The standard InChI is InChI=1S/C18H19ClN4O5S/c1-29(27,28)20-15-12-13(6-7-14(15)19)18(24)22-10-8-21(9-11-22)16-4-2-3-5-17(16)23(25)26/h2-7,12,20H,8-11H2,1H3. The van der Waals surface area contributed by atoms with E-state index in [0.29, 0.717) is 37.4 Å². The lowest BCUT2D eigenvalue weighted by atomic mass is 10.1. The van der Waals surface area contributed by atoms with Gasteiger partial charge in [-0.3, -0.25) is 19.6 Å². The van der Waals surface area contributed by atoms with Crippen molar-refractivity contribution in [1.82, 2.24) is 4.90 Å². The van der Waals surface area contributed by atoms with Gasteiger partial charge in [-0.1, -0.05) is 23.7 Å². The molecule has 1 aliphatic heterocycles. The quantitative estimate of drug-likeness (QED) is 0.567. The number of benzene rings is 2. The van der Waals surface area contributed by atoms with Gasteiger partial charge in [0, 0.05) is 37.8 Å². The number of anilines is 2. The molecule has 1 N–H and O–H groups in total. The largest absolute Gasteiger partial charge is 0.362 e. The van der Waals surface area contributed by atoms with Crippen LogP contribution >= 0.6 is 11.6 Å². The zero-order valence-corrected chi connectivity index (χ0v) is 17.1. The van der Waals surface area contributed by atoms with Crippen LogP contribution in [0.3, 0.4) is 0 Å². The van der Waals surface area contributed by atoms with Crippen LogP contribution in [0.5, 0.6) is 0 Å². The van der Waals surface area contributed by atoms with Crippen LogP contribution in [0.2, 0.25) is 5.02 Å². The lowest BCUT2D eigenvalue weighted by molar-refractivity contribution is -0.384. The average molecular weight is 439 g/mol. The van der Waals surface area contributed by atoms with Gasteiger partial charge in [-0.25, -0.2) is 8.42 Å². The topological polar surface area (TPSA) is 113 Å². The number of carbonyl (C=O) groups excluding carboxylic acids is 1. The van der Waals surface area contributed by atoms with Gasteiger partial charge >= 0.3 is 0 Å². The Labute approximate surface area is 173 Å². The molecule has 1 fully saturated rings. The van der Waals surface area contributed by atoms with Crippen LogP contribution in [-0.4, -0.2) is 56.6 Å². The summed E-state index contributed by atoms with van der Waals surface area (Å²) >= 11 is 6.01. The summed E-state index contributed by atoms with van der Waals surface area (Å²) in [6, 6.07) is 10.9. The van der Waals surface area contributed by atoms with E-state index >= 15 is 0 Å². The second kappa shape index (κ2) is 8.26. The van der Waals surface area contributed by atoms with Gasteiger partial charge < -0.3 is 9.80 Å². The van der Waals surface area contributed by atoms with Crippen molar-refractivity contribution in [2.45, 2.75) is 0 Å². The predicted molar refractivity (Wildman–Crippen MR) is 111 cm³/mol. The van der Waals surface area contributed by atoms with E-state index in [4.69, 9.17) is 11.6 Å². The number of nitrogens with zero attached hydrogens (tertiary/aromatic N) is 3. The first kappa shape index (κ1) is 20.9. The van der Waals surface area contributed by atoms with E-state index in [2.05, 4.69) is 4.72 Å². The van der Waals surface area contributed by atoms with Crippen molar-refractivity contribution in [3.8, 4) is 0 Å². The zero-order valence-electron chi connectivity index (χ0n) is 15.5. The van der Waals surface area contributed by atoms with Gasteiger partial charge in [-0.2, -0.15) is 0 Å². The summed E-state index contributed by atoms with van der Waals surface area (Å²) in [5.41, 5.74) is 0.996. The van der Waals surface area contributed by atoms with Gasteiger partial charge in [0.15, 0.2) is 0 Å². The number of halogens is 1. The van der Waals surface area contributed by atoms with E-state index in [-0.39, 0.29) is 22.3 Å². The highest BCUT2D eigenvalue weighted by Gasteiger charge is 2.26. The van der Waals surface area contributed by atoms with E-state index in [1.807, 2.05) is 4.90 Å². The monoisotopic (exact) mass is 438 g/mol. The van der Waals surface area contributed by atoms with E-state index in [0.717, 1.165) is 6.26 Å². The molecule has 0 aliphatic carbocycles. The van der Waals surface area contributed by atoms with Crippen molar-refractivity contribution in [1.29, 1.82) is 0 Å². The Morgan fingerprint density at radius 1 is 1.14 bits per heavy atom. The number of nitro benzene ring substituents is 1. The van der Waals surface area contributed by atoms with E-state index in [1.165, 1.54) is 24.3 Å². The number of sulfonamides is 1. The highest BCUT2D eigenvalue weighted by molar-refractivity contribution is 7.92. The Balaban J connectivity index is 1.73. The van der Waals surface area contributed by atoms with Crippen LogP contribution in [0.15, 0.2) is 42.5 Å². The third-order valence-electron chi connectivity index (χ3n) is 4.49. The van der Waals surface area contributed by atoms with Gasteiger partial charge in [0.2, 0.25) is 10.0 Å². The van der Waals surface area contributed by atoms with Crippen LogP contribution in [0.25, 0.3) is 0 Å². The number of nitrogens with one attached hydrogen (secondary N) is 1. The van der Waals surface area contributed by atoms with Crippen molar-refractivity contribution < 1.29 is 18.1 Å². The predicted octanol–water partition coefficient (Wildman–Crippen LogP) is 2.58. The molecular weight excluding hydrogens is 420 g/mol. The second-order valence-corrected chi connectivity index (χ2v) is 8.75. The maximum Gasteiger partial charge on any atom is 0.292 e. The summed E-state index contributed by atoms with van der Waals surface area (Å²) in [6.45, 7) is 1.64. The fourth-order valence-corrected chi connectivity index (χ4v) is 3.94. The maximum absolute atomic E-state index is 12.8. The Morgan fingerprint density at radius 2 is 1.79 bits per heavy atom. The molecule has 0 atom stereocenters. The number of amides is 1. The number of hydrogen-bond acceptors (Lipinski definition) is 6. The van der Waals surface area contributed by atoms with Crippen LogP contribution in [-0.2, 0) is 10.0 Å². The number of nitro groups is 1. The third kappa shape index (κ3) is 4.96. The molecule has 0 unspecified atom stereocenters. The number of hydrogen-bond donors (Lipinski definition) is 1. The van der Waals surface area contributed by atoms with E-state index in [9.17, 15) is 23.3 Å². The highest BCUT2D eigenvalue weighted by Crippen LogP contribution is 2.29. The first-order valence-electron chi connectivity index (χ1n) is 8.71. The fourth-order valence-electron chi connectivity index (χ4n) is 3.16. The molecule has 2 aromatic carbocycles. The molecule has 0 saturated carbocycles. The number of rotatable bonds is 5. The van der Waals surface area contributed by atoms with Gasteiger partial charge in [0.25, 0.3) is 11.6 Å². The molecule has 0 bridgehead atoms. The molecule has 11 heteroatoms. The number of piperazine rings is 1. The Morgan fingerprint density at radius 3 is 2.41 bits per heavy atom. The molecule has 1 heterocycles. The summed E-state index contributed by atoms with van der Waals surface area (Å²) in [6.07, 6.45) is 1.000. The highest BCUT2D eigenvalue weighted by atomic mass is 35.5. The lowest BCUT2D eigenvalue weighted by Crippen LogP contribution is -2.49. The molecule has 154 valence electrons. The van der Waals surface area contributed by atoms with Gasteiger partial charge in [-0.15, -0.1) is 0 Å². The molecule has 29 heavy (non-hydrogen) atoms. The van der Waals surface area contributed by atoms with Crippen LogP contribution in [0.1, 0.15) is 10.4 Å². The fraction of sp³-hybridized carbons (Fsp3) is 0.278. The van der Waals surface area contributed by atoms with Crippen molar-refractivity contribution in [3.63, 3.8) is 0 Å². The molecule has 1 amide bonds. The van der Waals surface area contributed by atoms with Crippen molar-refractivity contribution in [2.75, 3.05) is 42.1 Å². The summed E-state index contributed by atoms with van der Waals surface area (Å²) in [4.78, 5) is 27.1. The van der Waals surface area contributed by atoms with E-state index in [1.54, 1.807) is 23.1 Å². The third-order valence-corrected chi connectivity index (χ3v) is 5.41. The lowest BCUT2D eigenvalue weighted by Gasteiger charge is -2.35. The summed E-state index contributed by atoms with van der Waals surface area (Å²) in [5.74, 6) is -0.263. The van der Waals surface area contributed by atoms with Crippen LogP contribution in [0.4, 0.5) is 17.1 Å².